The van der Waals surface area contributed by atoms with Gasteiger partial charge >= 0.3 is 0 Å². The van der Waals surface area contributed by atoms with Crippen LogP contribution in [0.5, 0.6) is 0 Å². The Morgan fingerprint density at radius 1 is 0.549 bits per heavy atom. The molecule has 0 rings (SSSR count). The summed E-state index contributed by atoms with van der Waals surface area (Å²) in [5, 5.41) is 12.5. The Bertz CT molecular complexity index is 1220. The van der Waals surface area contributed by atoms with Gasteiger partial charge in [0.2, 0.25) is 59.6 Å². The third-order valence-electron chi connectivity index (χ3n) is 6.72. The van der Waals surface area contributed by atoms with E-state index in [-0.39, 0.29) is 13.1 Å². The first kappa shape index (κ1) is 47.8. The summed E-state index contributed by atoms with van der Waals surface area (Å²) in [5.41, 5.74) is 4.99. The van der Waals surface area contributed by atoms with Crippen LogP contribution < -0.4 is 32.3 Å². The first-order valence-corrected chi connectivity index (χ1v) is 16.0. The second-order valence-electron chi connectivity index (χ2n) is 11.5. The molecule has 21 nitrogen and oxygen atoms in total. The summed E-state index contributed by atoms with van der Waals surface area (Å²) < 4.78 is 0. The Balaban J connectivity index is 0. The summed E-state index contributed by atoms with van der Waals surface area (Å²) in [4.78, 5) is 123. The van der Waals surface area contributed by atoms with Crippen molar-refractivity contribution in [2.45, 2.75) is 33.2 Å². The second kappa shape index (κ2) is 26.5. The van der Waals surface area contributed by atoms with Crippen molar-refractivity contribution in [1.82, 2.24) is 51.1 Å². The van der Waals surface area contributed by atoms with E-state index in [0.29, 0.717) is 12.5 Å². The van der Waals surface area contributed by atoms with Gasteiger partial charge in [0.1, 0.15) is 0 Å². The molecule has 0 radical (unpaired) electrons. The molecule has 1 atom stereocenters. The largest absolute Gasteiger partial charge is 0.368 e. The minimum Gasteiger partial charge on any atom is -0.368 e. The highest BCUT2D eigenvalue weighted by Gasteiger charge is 2.19. The fourth-order valence-corrected chi connectivity index (χ4v) is 3.45. The van der Waals surface area contributed by atoms with Crippen LogP contribution in [0.25, 0.3) is 0 Å². The molecule has 7 N–H and O–H groups in total. The maximum absolute atomic E-state index is 12.3. The maximum atomic E-state index is 12.3. The van der Waals surface area contributed by atoms with Crippen LogP contribution in [0, 0.1) is 0 Å². The zero-order chi connectivity index (χ0) is 39.7. The molecule has 0 bridgehead atoms. The van der Waals surface area contributed by atoms with E-state index in [4.69, 9.17) is 5.73 Å². The number of amides is 10. The smallest absolute Gasteiger partial charge is 0.242 e. The highest BCUT2D eigenvalue weighted by atomic mass is 16.2. The van der Waals surface area contributed by atoms with Gasteiger partial charge in [-0.15, -0.1) is 0 Å². The average molecular weight is 730 g/mol. The van der Waals surface area contributed by atoms with Crippen molar-refractivity contribution in [3.8, 4) is 0 Å². The summed E-state index contributed by atoms with van der Waals surface area (Å²) in [6, 6.07) is 0.699. The van der Waals surface area contributed by atoms with Crippen molar-refractivity contribution in [3.05, 3.63) is 0 Å². The molecule has 0 saturated carbocycles. The Morgan fingerprint density at radius 3 is 1.08 bits per heavy atom. The Kier molecular flexibility index (Phi) is 24.8. The zero-order valence-electron chi connectivity index (χ0n) is 30.8. The normalized spacial score (nSPS) is 10.5. The molecular formula is C30H55N11O10. The number of likely N-dealkylation sites (N-methyl/N-ethyl adjacent to an activating group) is 5. The summed E-state index contributed by atoms with van der Waals surface area (Å²) in [7, 11) is 6.60. The molecule has 0 aromatic heterocycles. The number of rotatable bonds is 22. The van der Waals surface area contributed by atoms with E-state index in [1.807, 2.05) is 0 Å². The summed E-state index contributed by atoms with van der Waals surface area (Å²) in [5.74, 6) is -5.79. The quantitative estimate of drug-likeness (QED) is 0.0572. The number of nitrogens with two attached hydrogens (primary N) is 1. The number of carbonyl (C=O) groups is 10. The van der Waals surface area contributed by atoms with Crippen LogP contribution >= 0.6 is 0 Å². The van der Waals surface area contributed by atoms with Gasteiger partial charge in [-0.05, 0) is 19.9 Å². The van der Waals surface area contributed by atoms with Crippen LogP contribution in [0.2, 0.25) is 0 Å². The van der Waals surface area contributed by atoms with Gasteiger partial charge in [-0.25, -0.2) is 0 Å². The second-order valence-corrected chi connectivity index (χ2v) is 11.5. The Morgan fingerprint density at radius 2 is 0.843 bits per heavy atom. The summed E-state index contributed by atoms with van der Waals surface area (Å²) >= 11 is 0. The topological polar surface area (TPSA) is 273 Å². The zero-order valence-corrected chi connectivity index (χ0v) is 30.8. The van der Waals surface area contributed by atoms with Gasteiger partial charge in [0, 0.05) is 41.3 Å². The lowest BCUT2D eigenvalue weighted by molar-refractivity contribution is -0.138. The van der Waals surface area contributed by atoms with E-state index in [2.05, 4.69) is 47.4 Å². The molecule has 0 fully saturated rings. The van der Waals surface area contributed by atoms with E-state index >= 15 is 0 Å². The number of carbonyl (C=O) groups excluding carboxylic acids is 10. The molecule has 290 valence electrons. The van der Waals surface area contributed by atoms with Gasteiger partial charge in [-0.2, -0.15) is 0 Å². The van der Waals surface area contributed by atoms with Crippen molar-refractivity contribution < 1.29 is 47.9 Å². The van der Waals surface area contributed by atoms with Gasteiger partial charge in [-0.1, -0.05) is 13.8 Å². The Labute approximate surface area is 298 Å². The number of nitrogens with one attached hydrogen (secondary N) is 5. The highest BCUT2D eigenvalue weighted by molar-refractivity contribution is 5.93. The van der Waals surface area contributed by atoms with E-state index in [1.54, 1.807) is 0 Å². The minimum atomic E-state index is -0.723. The molecule has 0 spiro atoms. The van der Waals surface area contributed by atoms with E-state index in [1.165, 1.54) is 41.7 Å². The van der Waals surface area contributed by atoms with Crippen LogP contribution in [-0.4, -0.2) is 191 Å². The highest BCUT2D eigenvalue weighted by Crippen LogP contribution is 1.90. The van der Waals surface area contributed by atoms with Gasteiger partial charge in [0.25, 0.3) is 0 Å². The average Bonchev–Trinajstić information content (AvgIpc) is 3.06. The molecule has 0 aromatic rings. The van der Waals surface area contributed by atoms with Gasteiger partial charge in [-0.3, -0.25) is 47.9 Å². The van der Waals surface area contributed by atoms with Gasteiger partial charge in [0.05, 0.1) is 58.9 Å². The third kappa shape index (κ3) is 24.4. The lowest BCUT2D eigenvalue weighted by atomic mass is 10.3. The van der Waals surface area contributed by atoms with Crippen LogP contribution in [0.4, 0.5) is 0 Å². The van der Waals surface area contributed by atoms with Crippen molar-refractivity contribution in [2.75, 3.05) is 101 Å². The molecule has 0 heterocycles. The summed E-state index contributed by atoms with van der Waals surface area (Å²) in [6.07, 6.45) is 1.68. The van der Waals surface area contributed by atoms with Crippen molar-refractivity contribution in [2.24, 2.45) is 5.73 Å². The molecule has 1 unspecified atom stereocenters. The Hall–Kier alpha value is -5.34. The molecule has 51 heavy (non-hydrogen) atoms. The van der Waals surface area contributed by atoms with E-state index in [9.17, 15) is 47.9 Å². The number of nitrogens with zero attached hydrogens (tertiary/aromatic N) is 5. The van der Waals surface area contributed by atoms with Gasteiger partial charge < -0.3 is 56.8 Å². The summed E-state index contributed by atoms with van der Waals surface area (Å²) in [6.45, 7) is 3.94. The molecule has 0 aliphatic rings. The van der Waals surface area contributed by atoms with Crippen LogP contribution in [0.15, 0.2) is 0 Å². The fraction of sp³-hybridized carbons (Fsp3) is 0.667. The number of hydrogen-bond donors (Lipinski definition) is 6. The SMILES string of the molecule is CCNC(C)CC.CN(C=O)CC(=O)NCC(=O)N(C)CC(=O)NCC(=O)N(C)CC(=O)NCC(=O)N(C)CC(=O)NCC(=O)N(C)CC(N)=O. The van der Waals surface area contributed by atoms with E-state index < -0.39 is 99.0 Å². The number of primary amides is 1. The molecule has 21 heteroatoms. The van der Waals surface area contributed by atoms with Crippen molar-refractivity contribution in [1.29, 1.82) is 0 Å². The molecule has 0 aliphatic heterocycles. The van der Waals surface area contributed by atoms with Gasteiger partial charge in [0.15, 0.2) is 0 Å². The van der Waals surface area contributed by atoms with E-state index in [0.717, 1.165) is 31.0 Å². The van der Waals surface area contributed by atoms with Crippen LogP contribution in [-0.2, 0) is 47.9 Å². The predicted octanol–water partition coefficient (Wildman–Crippen LogP) is -5.75. The standard InChI is InChI=1S/C24H40N10O10.C6H15N/c1-30(15-35)11-17(37)26-7-22(42)32(3)13-19(39)28-9-24(44)34(5)14-20(40)29-8-23(43)33(4)12-18(38)27-6-21(41)31(2)10-16(25)36;1-4-6(3)7-5-2/h15H,6-14H2,1-5H3,(H2,25,36)(H,26,37)(H,27,38)(H,28,39)(H,29,40);6-7H,4-5H2,1-3H3. The first-order valence-electron chi connectivity index (χ1n) is 16.0. The van der Waals surface area contributed by atoms with Crippen molar-refractivity contribution >= 4 is 59.6 Å². The molecule has 10 amide bonds. The molecular weight excluding hydrogens is 674 g/mol. The van der Waals surface area contributed by atoms with Crippen LogP contribution in [0.1, 0.15) is 27.2 Å². The monoisotopic (exact) mass is 729 g/mol. The third-order valence-corrected chi connectivity index (χ3v) is 6.72. The van der Waals surface area contributed by atoms with Crippen molar-refractivity contribution in [3.63, 3.8) is 0 Å². The predicted molar refractivity (Wildman–Crippen MR) is 184 cm³/mol. The van der Waals surface area contributed by atoms with Crippen LogP contribution in [0.3, 0.4) is 0 Å². The maximum Gasteiger partial charge on any atom is 0.242 e. The fourth-order valence-electron chi connectivity index (χ4n) is 3.45. The minimum absolute atomic E-state index is 0.244. The molecule has 0 saturated heterocycles. The molecule has 0 aliphatic carbocycles. The lowest BCUT2D eigenvalue weighted by Gasteiger charge is -2.20. The molecule has 0 aromatic carbocycles. The number of hydrogen-bond acceptors (Lipinski definition) is 11. The lowest BCUT2D eigenvalue weighted by Crippen LogP contribution is -2.48. The first-order chi connectivity index (χ1) is 23.8.